The molecule has 0 saturated carbocycles. The average molecular weight is 282 g/mol. The van der Waals surface area contributed by atoms with Crippen LogP contribution >= 0.6 is 0 Å². The molecule has 0 fully saturated rings. The van der Waals surface area contributed by atoms with Crippen molar-refractivity contribution in [1.82, 2.24) is 9.97 Å². The summed E-state index contributed by atoms with van der Waals surface area (Å²) in [5, 5.41) is 0.558. The molecule has 1 N–H and O–H groups in total. The predicted molar refractivity (Wildman–Crippen MR) is 80.9 cm³/mol. The van der Waals surface area contributed by atoms with Crippen LogP contribution in [0.15, 0.2) is 47.4 Å². The van der Waals surface area contributed by atoms with Crippen LogP contribution in [0.2, 0.25) is 0 Å². The number of hydrogen-bond donors (Lipinski definition) is 1. The molecule has 0 aliphatic rings. The first-order valence-electron chi connectivity index (χ1n) is 6.44. The first kappa shape index (κ1) is 13.2. The highest BCUT2D eigenvalue weighted by Gasteiger charge is 2.13. The number of para-hydroxylation sites is 1. The van der Waals surface area contributed by atoms with E-state index in [-0.39, 0.29) is 5.56 Å². The van der Waals surface area contributed by atoms with Gasteiger partial charge in [-0.1, -0.05) is 6.07 Å². The fourth-order valence-corrected chi connectivity index (χ4v) is 2.33. The van der Waals surface area contributed by atoms with Crippen LogP contribution in [-0.4, -0.2) is 24.2 Å². The minimum atomic E-state index is -0.180. The maximum atomic E-state index is 12.2. The van der Waals surface area contributed by atoms with Crippen molar-refractivity contribution in [3.05, 3.63) is 52.9 Å². The Morgan fingerprint density at radius 1 is 1.10 bits per heavy atom. The second kappa shape index (κ2) is 5.28. The Morgan fingerprint density at radius 3 is 2.71 bits per heavy atom. The van der Waals surface area contributed by atoms with E-state index in [1.165, 1.54) is 0 Å². The van der Waals surface area contributed by atoms with Crippen LogP contribution in [0.5, 0.6) is 11.5 Å². The third-order valence-corrected chi connectivity index (χ3v) is 3.31. The molecule has 0 atom stereocenters. The summed E-state index contributed by atoms with van der Waals surface area (Å²) in [6, 6.07) is 10.8. The van der Waals surface area contributed by atoms with Crippen molar-refractivity contribution in [2.45, 2.75) is 0 Å². The number of nitrogens with one attached hydrogen (secondary N) is 1. The average Bonchev–Trinajstić information content (AvgIpc) is 2.54. The van der Waals surface area contributed by atoms with Crippen LogP contribution in [0.1, 0.15) is 0 Å². The van der Waals surface area contributed by atoms with Gasteiger partial charge in [-0.2, -0.15) is 0 Å². The summed E-state index contributed by atoms with van der Waals surface area (Å²) in [5.74, 6) is 1.18. The Labute approximate surface area is 121 Å². The zero-order chi connectivity index (χ0) is 14.8. The van der Waals surface area contributed by atoms with Crippen molar-refractivity contribution >= 4 is 10.9 Å². The number of hydrogen-bond acceptors (Lipinski definition) is 4. The Bertz CT molecular complexity index is 856. The maximum Gasteiger partial charge on any atom is 0.257 e. The summed E-state index contributed by atoms with van der Waals surface area (Å²) in [7, 11) is 3.14. The molecule has 0 unspecified atom stereocenters. The van der Waals surface area contributed by atoms with E-state index in [1.807, 2.05) is 18.2 Å². The SMILES string of the molecule is COc1cccc(-c2cc3ncccc3c(=O)[nH]2)c1OC. The molecule has 106 valence electrons. The van der Waals surface area contributed by atoms with Crippen LogP contribution in [0.25, 0.3) is 22.2 Å². The van der Waals surface area contributed by atoms with E-state index in [9.17, 15) is 4.79 Å². The summed E-state index contributed by atoms with van der Waals surface area (Å²) in [5.41, 5.74) is 1.85. The Hall–Kier alpha value is -2.82. The number of methoxy groups -OCH3 is 2. The lowest BCUT2D eigenvalue weighted by atomic mass is 10.1. The van der Waals surface area contributed by atoms with E-state index >= 15 is 0 Å². The van der Waals surface area contributed by atoms with E-state index in [0.717, 1.165) is 5.56 Å². The number of fused-ring (bicyclic) bond motifs is 1. The van der Waals surface area contributed by atoms with Gasteiger partial charge in [-0.05, 0) is 30.3 Å². The fraction of sp³-hybridized carbons (Fsp3) is 0.125. The molecule has 0 amide bonds. The number of aromatic amines is 1. The van der Waals surface area contributed by atoms with Gasteiger partial charge < -0.3 is 14.5 Å². The lowest BCUT2D eigenvalue weighted by Crippen LogP contribution is -2.08. The molecule has 0 aliphatic heterocycles. The normalized spacial score (nSPS) is 10.6. The van der Waals surface area contributed by atoms with Crippen LogP contribution < -0.4 is 15.0 Å². The number of nitrogens with zero attached hydrogens (tertiary/aromatic N) is 1. The van der Waals surface area contributed by atoms with Crippen molar-refractivity contribution in [3.8, 4) is 22.8 Å². The van der Waals surface area contributed by atoms with Gasteiger partial charge in [0.25, 0.3) is 5.56 Å². The van der Waals surface area contributed by atoms with Gasteiger partial charge in [0.15, 0.2) is 11.5 Å². The second-order valence-electron chi connectivity index (χ2n) is 4.49. The minimum absolute atomic E-state index is 0.180. The van der Waals surface area contributed by atoms with E-state index in [0.29, 0.717) is 28.1 Å². The molecule has 5 heteroatoms. The van der Waals surface area contributed by atoms with Gasteiger partial charge in [-0.25, -0.2) is 0 Å². The lowest BCUT2D eigenvalue weighted by Gasteiger charge is -2.12. The quantitative estimate of drug-likeness (QED) is 0.802. The van der Waals surface area contributed by atoms with Gasteiger partial charge in [-0.15, -0.1) is 0 Å². The minimum Gasteiger partial charge on any atom is -0.493 e. The Kier molecular flexibility index (Phi) is 3.31. The first-order valence-corrected chi connectivity index (χ1v) is 6.44. The van der Waals surface area contributed by atoms with E-state index in [2.05, 4.69) is 9.97 Å². The van der Waals surface area contributed by atoms with Gasteiger partial charge in [0.2, 0.25) is 0 Å². The van der Waals surface area contributed by atoms with Gasteiger partial charge in [0, 0.05) is 11.8 Å². The lowest BCUT2D eigenvalue weighted by molar-refractivity contribution is 0.356. The molecule has 0 saturated heterocycles. The fourth-order valence-electron chi connectivity index (χ4n) is 2.33. The molecule has 3 rings (SSSR count). The third-order valence-electron chi connectivity index (χ3n) is 3.31. The van der Waals surface area contributed by atoms with Crippen molar-refractivity contribution in [2.75, 3.05) is 14.2 Å². The number of benzene rings is 1. The largest absolute Gasteiger partial charge is 0.493 e. The molecule has 2 heterocycles. The van der Waals surface area contributed by atoms with E-state index < -0.39 is 0 Å². The summed E-state index contributed by atoms with van der Waals surface area (Å²) >= 11 is 0. The van der Waals surface area contributed by atoms with Crippen molar-refractivity contribution < 1.29 is 9.47 Å². The highest BCUT2D eigenvalue weighted by Crippen LogP contribution is 2.36. The van der Waals surface area contributed by atoms with Gasteiger partial charge in [0.05, 0.1) is 30.8 Å². The van der Waals surface area contributed by atoms with Crippen LogP contribution in [-0.2, 0) is 0 Å². The Balaban J connectivity index is 2.28. The number of aromatic nitrogens is 2. The molecule has 21 heavy (non-hydrogen) atoms. The molecule has 1 aromatic carbocycles. The molecule has 3 aromatic rings. The molecule has 0 spiro atoms. The zero-order valence-electron chi connectivity index (χ0n) is 11.7. The van der Waals surface area contributed by atoms with Crippen molar-refractivity contribution in [3.63, 3.8) is 0 Å². The standard InChI is InChI=1S/C16H14N2O3/c1-20-14-7-3-5-10(15(14)21-2)13-9-12-11(16(19)18-13)6-4-8-17-12/h3-9H,1-2H3,(H,18,19). The summed E-state index contributed by atoms with van der Waals surface area (Å²) in [4.78, 5) is 19.3. The number of rotatable bonds is 3. The highest BCUT2D eigenvalue weighted by atomic mass is 16.5. The topological polar surface area (TPSA) is 64.2 Å². The molecule has 0 radical (unpaired) electrons. The zero-order valence-corrected chi connectivity index (χ0v) is 11.7. The monoisotopic (exact) mass is 282 g/mol. The molecule has 2 aromatic heterocycles. The van der Waals surface area contributed by atoms with Gasteiger partial charge in [0.1, 0.15) is 0 Å². The Morgan fingerprint density at radius 2 is 1.95 bits per heavy atom. The molecule has 0 aliphatic carbocycles. The maximum absolute atomic E-state index is 12.2. The summed E-state index contributed by atoms with van der Waals surface area (Å²) in [6.45, 7) is 0. The number of H-pyrrole nitrogens is 1. The molecule has 0 bridgehead atoms. The number of pyridine rings is 2. The third kappa shape index (κ3) is 2.23. The predicted octanol–water partition coefficient (Wildman–Crippen LogP) is 2.61. The van der Waals surface area contributed by atoms with Crippen LogP contribution in [0, 0.1) is 0 Å². The van der Waals surface area contributed by atoms with E-state index in [1.54, 1.807) is 38.6 Å². The molecule has 5 nitrogen and oxygen atoms in total. The molecular weight excluding hydrogens is 268 g/mol. The van der Waals surface area contributed by atoms with Crippen LogP contribution in [0.3, 0.4) is 0 Å². The summed E-state index contributed by atoms with van der Waals surface area (Å²) < 4.78 is 10.7. The summed E-state index contributed by atoms with van der Waals surface area (Å²) in [6.07, 6.45) is 1.66. The van der Waals surface area contributed by atoms with Crippen molar-refractivity contribution in [2.24, 2.45) is 0 Å². The van der Waals surface area contributed by atoms with Gasteiger partial charge >= 0.3 is 0 Å². The van der Waals surface area contributed by atoms with E-state index in [4.69, 9.17) is 9.47 Å². The first-order chi connectivity index (χ1) is 10.2. The highest BCUT2D eigenvalue weighted by molar-refractivity contribution is 5.83. The molecular formula is C16H14N2O3. The van der Waals surface area contributed by atoms with Gasteiger partial charge in [-0.3, -0.25) is 9.78 Å². The van der Waals surface area contributed by atoms with Crippen molar-refractivity contribution in [1.29, 1.82) is 0 Å². The smallest absolute Gasteiger partial charge is 0.257 e. The number of ether oxygens (including phenoxy) is 2. The van der Waals surface area contributed by atoms with Crippen LogP contribution in [0.4, 0.5) is 0 Å². The second-order valence-corrected chi connectivity index (χ2v) is 4.49.